The van der Waals surface area contributed by atoms with Crippen molar-refractivity contribution in [3.05, 3.63) is 53.5 Å². The Morgan fingerprint density at radius 2 is 1.86 bits per heavy atom. The standard InChI is InChI=1S/C26H37N7O3/c1-31(2)25(35)17-32-11-8-21(9-12-32)30-24-13-23(28-18-29-24)26(36)27-14-22(34)16-33-10-7-19-5-3-4-6-20(19)15-33/h3-6,13,18,21-22,34H,7-12,14-17H2,1-2H3,(H,27,36)(H,28,29,30). The normalized spacial score (nSPS) is 17.8. The summed E-state index contributed by atoms with van der Waals surface area (Å²) in [6.45, 7) is 4.47. The van der Waals surface area contributed by atoms with E-state index in [4.69, 9.17) is 0 Å². The number of piperidine rings is 1. The fourth-order valence-electron chi connectivity index (χ4n) is 4.71. The van der Waals surface area contributed by atoms with Gasteiger partial charge in [-0.1, -0.05) is 24.3 Å². The summed E-state index contributed by atoms with van der Waals surface area (Å²) in [5.74, 6) is 0.380. The first-order valence-electron chi connectivity index (χ1n) is 12.6. The van der Waals surface area contributed by atoms with Crippen LogP contribution in [0.15, 0.2) is 36.7 Å². The zero-order chi connectivity index (χ0) is 25.5. The van der Waals surface area contributed by atoms with Crippen molar-refractivity contribution in [3.8, 4) is 0 Å². The van der Waals surface area contributed by atoms with Crippen LogP contribution in [0.2, 0.25) is 0 Å². The number of aliphatic hydroxyl groups is 1. The van der Waals surface area contributed by atoms with Gasteiger partial charge in [0.1, 0.15) is 17.8 Å². The Bertz CT molecular complexity index is 1040. The lowest BCUT2D eigenvalue weighted by Crippen LogP contribution is -2.44. The van der Waals surface area contributed by atoms with Gasteiger partial charge in [-0.05, 0) is 30.4 Å². The zero-order valence-electron chi connectivity index (χ0n) is 21.2. The third kappa shape index (κ3) is 7.22. The van der Waals surface area contributed by atoms with Crippen molar-refractivity contribution in [1.82, 2.24) is 30.0 Å². The number of fused-ring (bicyclic) bond motifs is 1. The van der Waals surface area contributed by atoms with E-state index in [-0.39, 0.29) is 30.1 Å². The van der Waals surface area contributed by atoms with Gasteiger partial charge in [-0.3, -0.25) is 19.4 Å². The molecule has 4 rings (SSSR count). The van der Waals surface area contributed by atoms with Crippen LogP contribution in [-0.4, -0.2) is 107 Å². The second-order valence-electron chi connectivity index (χ2n) is 9.89. The lowest BCUT2D eigenvalue weighted by Gasteiger charge is -2.32. The van der Waals surface area contributed by atoms with Crippen LogP contribution in [0.3, 0.4) is 0 Å². The minimum atomic E-state index is -0.664. The molecule has 3 N–H and O–H groups in total. The number of nitrogens with one attached hydrogen (secondary N) is 2. The van der Waals surface area contributed by atoms with Gasteiger partial charge in [0.25, 0.3) is 5.91 Å². The third-order valence-corrected chi connectivity index (χ3v) is 6.87. The molecule has 0 radical (unpaired) electrons. The van der Waals surface area contributed by atoms with Crippen LogP contribution in [0, 0.1) is 0 Å². The van der Waals surface area contributed by atoms with Crippen LogP contribution in [0.1, 0.15) is 34.5 Å². The van der Waals surface area contributed by atoms with E-state index in [2.05, 4.69) is 48.6 Å². The van der Waals surface area contributed by atoms with E-state index >= 15 is 0 Å². The highest BCUT2D eigenvalue weighted by Crippen LogP contribution is 2.19. The number of rotatable bonds is 9. The van der Waals surface area contributed by atoms with Crippen LogP contribution in [0.25, 0.3) is 0 Å². The fraction of sp³-hybridized carbons (Fsp3) is 0.538. The number of hydrogen-bond acceptors (Lipinski definition) is 8. The molecule has 1 fully saturated rings. The molecule has 2 amide bonds. The summed E-state index contributed by atoms with van der Waals surface area (Å²) in [7, 11) is 3.54. The number of β-amino-alcohol motifs (C(OH)–C–C–N with tert-alkyl or cyclic N) is 1. The van der Waals surface area contributed by atoms with Gasteiger partial charge in [-0.25, -0.2) is 9.97 Å². The molecule has 36 heavy (non-hydrogen) atoms. The molecule has 1 aromatic heterocycles. The number of likely N-dealkylation sites (tertiary alicyclic amines) is 1. The topological polar surface area (TPSA) is 114 Å². The predicted molar refractivity (Wildman–Crippen MR) is 138 cm³/mol. The average Bonchev–Trinajstić information content (AvgIpc) is 2.88. The van der Waals surface area contributed by atoms with Gasteiger partial charge < -0.3 is 20.6 Å². The molecule has 0 saturated carbocycles. The van der Waals surface area contributed by atoms with E-state index in [9.17, 15) is 14.7 Å². The highest BCUT2D eigenvalue weighted by Gasteiger charge is 2.22. The summed E-state index contributed by atoms with van der Waals surface area (Å²) in [5, 5.41) is 16.7. The Labute approximate surface area is 212 Å². The van der Waals surface area contributed by atoms with E-state index in [0.717, 1.165) is 45.4 Å². The third-order valence-electron chi connectivity index (χ3n) is 6.87. The quantitative estimate of drug-likeness (QED) is 0.463. The van der Waals surface area contributed by atoms with Crippen molar-refractivity contribution in [3.63, 3.8) is 0 Å². The van der Waals surface area contributed by atoms with Crippen molar-refractivity contribution >= 4 is 17.6 Å². The van der Waals surface area contributed by atoms with Gasteiger partial charge in [-0.2, -0.15) is 0 Å². The first-order chi connectivity index (χ1) is 17.4. The van der Waals surface area contributed by atoms with Gasteiger partial charge >= 0.3 is 0 Å². The number of benzene rings is 1. The van der Waals surface area contributed by atoms with Crippen molar-refractivity contribution in [2.24, 2.45) is 0 Å². The van der Waals surface area contributed by atoms with Crippen LogP contribution in [0.4, 0.5) is 5.82 Å². The number of aromatic nitrogens is 2. The first-order valence-corrected chi connectivity index (χ1v) is 12.6. The molecule has 2 aromatic rings. The van der Waals surface area contributed by atoms with E-state index in [0.29, 0.717) is 18.9 Å². The summed E-state index contributed by atoms with van der Waals surface area (Å²) >= 11 is 0. The van der Waals surface area contributed by atoms with E-state index < -0.39 is 6.10 Å². The summed E-state index contributed by atoms with van der Waals surface area (Å²) < 4.78 is 0. The minimum Gasteiger partial charge on any atom is -0.390 e. The Hall–Kier alpha value is -3.08. The number of aliphatic hydroxyl groups excluding tert-OH is 1. The Kier molecular flexibility index (Phi) is 8.84. The monoisotopic (exact) mass is 495 g/mol. The van der Waals surface area contributed by atoms with Gasteiger partial charge in [0.05, 0.1) is 12.6 Å². The highest BCUT2D eigenvalue weighted by molar-refractivity contribution is 5.92. The van der Waals surface area contributed by atoms with Gasteiger partial charge in [0, 0.05) is 65.5 Å². The summed E-state index contributed by atoms with van der Waals surface area (Å²) in [6.07, 6.45) is 3.46. The predicted octanol–water partition coefficient (Wildman–Crippen LogP) is 0.590. The van der Waals surface area contributed by atoms with E-state index in [1.54, 1.807) is 25.1 Å². The molecule has 1 atom stereocenters. The van der Waals surface area contributed by atoms with Crippen LogP contribution in [0.5, 0.6) is 0 Å². The lowest BCUT2D eigenvalue weighted by atomic mass is 10.00. The minimum absolute atomic E-state index is 0.110. The highest BCUT2D eigenvalue weighted by atomic mass is 16.3. The van der Waals surface area contributed by atoms with Crippen molar-refractivity contribution in [2.75, 3.05) is 58.7 Å². The van der Waals surface area contributed by atoms with Crippen molar-refractivity contribution < 1.29 is 14.7 Å². The van der Waals surface area contributed by atoms with E-state index in [1.807, 2.05) is 6.07 Å². The Morgan fingerprint density at radius 1 is 1.11 bits per heavy atom. The van der Waals surface area contributed by atoms with Gasteiger partial charge in [0.15, 0.2) is 0 Å². The fourth-order valence-corrected chi connectivity index (χ4v) is 4.71. The Morgan fingerprint density at radius 3 is 2.61 bits per heavy atom. The molecule has 2 aliphatic heterocycles. The lowest BCUT2D eigenvalue weighted by molar-refractivity contribution is -0.130. The number of anilines is 1. The molecule has 10 heteroatoms. The van der Waals surface area contributed by atoms with E-state index in [1.165, 1.54) is 17.5 Å². The molecule has 0 spiro atoms. The molecular weight excluding hydrogens is 458 g/mol. The maximum Gasteiger partial charge on any atom is 0.270 e. The zero-order valence-corrected chi connectivity index (χ0v) is 21.2. The Balaban J connectivity index is 1.20. The molecule has 194 valence electrons. The second kappa shape index (κ2) is 12.2. The molecule has 1 aromatic carbocycles. The van der Waals surface area contributed by atoms with Crippen molar-refractivity contribution in [2.45, 2.75) is 38.0 Å². The number of likely N-dealkylation sites (N-methyl/N-ethyl adjacent to an activating group) is 1. The molecule has 10 nitrogen and oxygen atoms in total. The number of amides is 2. The van der Waals surface area contributed by atoms with Crippen LogP contribution >= 0.6 is 0 Å². The largest absolute Gasteiger partial charge is 0.390 e. The van der Waals surface area contributed by atoms with Crippen LogP contribution < -0.4 is 10.6 Å². The molecule has 1 saturated heterocycles. The van der Waals surface area contributed by atoms with Gasteiger partial charge in [0.2, 0.25) is 5.91 Å². The molecule has 1 unspecified atom stereocenters. The molecule has 0 aliphatic carbocycles. The van der Waals surface area contributed by atoms with Crippen LogP contribution in [-0.2, 0) is 17.8 Å². The average molecular weight is 496 g/mol. The maximum absolute atomic E-state index is 12.7. The molecule has 0 bridgehead atoms. The molecular formula is C26H37N7O3. The summed E-state index contributed by atoms with van der Waals surface area (Å²) in [6, 6.07) is 10.3. The number of carbonyl (C=O) groups excluding carboxylic acids is 2. The number of carbonyl (C=O) groups is 2. The second-order valence-corrected chi connectivity index (χ2v) is 9.89. The number of hydrogen-bond donors (Lipinski definition) is 3. The van der Waals surface area contributed by atoms with Crippen molar-refractivity contribution in [1.29, 1.82) is 0 Å². The molecule has 2 aliphatic rings. The first kappa shape index (κ1) is 26.0. The number of nitrogens with zero attached hydrogens (tertiary/aromatic N) is 5. The summed E-state index contributed by atoms with van der Waals surface area (Å²) in [5.41, 5.74) is 2.93. The van der Waals surface area contributed by atoms with Gasteiger partial charge in [-0.15, -0.1) is 0 Å². The maximum atomic E-state index is 12.7. The SMILES string of the molecule is CN(C)C(=O)CN1CCC(Nc2cc(C(=O)NCC(O)CN3CCc4ccccc4C3)ncn2)CC1. The summed E-state index contributed by atoms with van der Waals surface area (Å²) in [4.78, 5) is 38.9. The smallest absolute Gasteiger partial charge is 0.270 e. The molecule has 3 heterocycles.